The zero-order valence-corrected chi connectivity index (χ0v) is 15.3. The number of aromatic nitrogens is 2. The van der Waals surface area contributed by atoms with E-state index >= 15 is 0 Å². The maximum Gasteiger partial charge on any atom is 0.257 e. The Morgan fingerprint density at radius 3 is 2.41 bits per heavy atom. The smallest absolute Gasteiger partial charge is 0.257 e. The molecule has 0 bridgehead atoms. The van der Waals surface area contributed by atoms with E-state index in [4.69, 9.17) is 0 Å². The van der Waals surface area contributed by atoms with Gasteiger partial charge < -0.3 is 9.47 Å². The Morgan fingerprint density at radius 2 is 1.74 bits per heavy atom. The summed E-state index contributed by atoms with van der Waals surface area (Å²) in [5.74, 6) is -0.636. The molecule has 3 rings (SSSR count). The summed E-state index contributed by atoms with van der Waals surface area (Å²) in [6.45, 7) is 4.24. The summed E-state index contributed by atoms with van der Waals surface area (Å²) in [6, 6.07) is 12.3. The van der Waals surface area contributed by atoms with Crippen LogP contribution in [0, 0.1) is 11.6 Å². The van der Waals surface area contributed by atoms with Crippen LogP contribution < -0.4 is 0 Å². The minimum Gasteiger partial charge on any atom is -0.329 e. The van der Waals surface area contributed by atoms with Gasteiger partial charge in [0.2, 0.25) is 0 Å². The molecule has 1 heterocycles. The minimum atomic E-state index is -0.553. The highest BCUT2D eigenvalue weighted by molar-refractivity contribution is 5.94. The van der Waals surface area contributed by atoms with Crippen molar-refractivity contribution in [1.82, 2.24) is 14.5 Å². The molecule has 1 amide bonds. The van der Waals surface area contributed by atoms with Crippen LogP contribution in [0.3, 0.4) is 0 Å². The molecule has 0 aliphatic heterocycles. The van der Waals surface area contributed by atoms with Gasteiger partial charge in [-0.25, -0.2) is 13.8 Å². The lowest BCUT2D eigenvalue weighted by Crippen LogP contribution is -2.37. The van der Waals surface area contributed by atoms with Crippen molar-refractivity contribution in [2.45, 2.75) is 33.0 Å². The van der Waals surface area contributed by atoms with Crippen molar-refractivity contribution >= 4 is 5.91 Å². The SMILES string of the molecule is CC(C)N(Cc1nccn1Cc1ccccc1F)C(=O)c1ccccc1F. The summed E-state index contributed by atoms with van der Waals surface area (Å²) in [5, 5.41) is 0. The third kappa shape index (κ3) is 4.22. The average molecular weight is 369 g/mol. The first kappa shape index (κ1) is 18.8. The predicted molar refractivity (Wildman–Crippen MR) is 99.1 cm³/mol. The van der Waals surface area contributed by atoms with Gasteiger partial charge in [0.1, 0.15) is 17.5 Å². The topological polar surface area (TPSA) is 38.1 Å². The number of nitrogens with zero attached hydrogens (tertiary/aromatic N) is 3. The summed E-state index contributed by atoms with van der Waals surface area (Å²) in [4.78, 5) is 18.7. The summed E-state index contributed by atoms with van der Waals surface area (Å²) < 4.78 is 29.8. The highest BCUT2D eigenvalue weighted by Gasteiger charge is 2.23. The minimum absolute atomic E-state index is 0.0263. The van der Waals surface area contributed by atoms with E-state index in [0.717, 1.165) is 0 Å². The van der Waals surface area contributed by atoms with Crippen molar-refractivity contribution in [1.29, 1.82) is 0 Å². The number of halogens is 2. The molecule has 6 heteroatoms. The van der Waals surface area contributed by atoms with Crippen molar-refractivity contribution in [3.8, 4) is 0 Å². The third-order valence-electron chi connectivity index (χ3n) is 4.40. The molecule has 4 nitrogen and oxygen atoms in total. The molecule has 0 aliphatic carbocycles. The van der Waals surface area contributed by atoms with Crippen molar-refractivity contribution in [2.75, 3.05) is 0 Å². The van der Waals surface area contributed by atoms with Crippen molar-refractivity contribution < 1.29 is 13.6 Å². The van der Waals surface area contributed by atoms with Crippen LogP contribution in [0.1, 0.15) is 35.6 Å². The maximum absolute atomic E-state index is 14.0. The molecular weight excluding hydrogens is 348 g/mol. The first-order valence-corrected chi connectivity index (χ1v) is 8.76. The third-order valence-corrected chi connectivity index (χ3v) is 4.40. The van der Waals surface area contributed by atoms with Crippen molar-refractivity contribution in [3.05, 3.63) is 89.5 Å². The molecule has 0 spiro atoms. The fourth-order valence-corrected chi connectivity index (χ4v) is 2.88. The largest absolute Gasteiger partial charge is 0.329 e. The van der Waals surface area contributed by atoms with Crippen LogP contribution in [0.4, 0.5) is 8.78 Å². The van der Waals surface area contributed by atoms with Crippen LogP contribution in [-0.4, -0.2) is 26.4 Å². The number of rotatable bonds is 6. The highest BCUT2D eigenvalue weighted by Crippen LogP contribution is 2.16. The first-order valence-electron chi connectivity index (χ1n) is 8.76. The number of carbonyl (C=O) groups is 1. The molecule has 0 aliphatic rings. The highest BCUT2D eigenvalue weighted by atomic mass is 19.1. The molecule has 0 fully saturated rings. The second-order valence-corrected chi connectivity index (χ2v) is 6.57. The normalized spacial score (nSPS) is 11.0. The second kappa shape index (κ2) is 8.12. The average Bonchev–Trinajstić information content (AvgIpc) is 3.08. The molecule has 0 atom stereocenters. The van der Waals surface area contributed by atoms with Crippen molar-refractivity contribution in [3.63, 3.8) is 0 Å². The van der Waals surface area contributed by atoms with Gasteiger partial charge in [0.25, 0.3) is 5.91 Å². The van der Waals surface area contributed by atoms with Gasteiger partial charge >= 0.3 is 0 Å². The lowest BCUT2D eigenvalue weighted by Gasteiger charge is -2.27. The van der Waals surface area contributed by atoms with E-state index in [9.17, 15) is 13.6 Å². The Balaban J connectivity index is 1.84. The van der Waals surface area contributed by atoms with Gasteiger partial charge in [0, 0.05) is 24.0 Å². The Hall–Kier alpha value is -3.02. The second-order valence-electron chi connectivity index (χ2n) is 6.57. The van der Waals surface area contributed by atoms with E-state index < -0.39 is 11.7 Å². The quantitative estimate of drug-likeness (QED) is 0.651. The summed E-state index contributed by atoms with van der Waals surface area (Å²) in [6.07, 6.45) is 3.36. The number of carbonyl (C=O) groups excluding carboxylic acids is 1. The van der Waals surface area contributed by atoms with Crippen molar-refractivity contribution in [2.24, 2.45) is 0 Å². The molecule has 0 radical (unpaired) electrons. The maximum atomic E-state index is 14.0. The molecule has 0 N–H and O–H groups in total. The lowest BCUT2D eigenvalue weighted by molar-refractivity contribution is 0.0678. The van der Waals surface area contributed by atoms with Crippen LogP contribution in [0.2, 0.25) is 0 Å². The van der Waals surface area contributed by atoms with E-state index in [0.29, 0.717) is 17.9 Å². The molecule has 27 heavy (non-hydrogen) atoms. The summed E-state index contributed by atoms with van der Waals surface area (Å²) >= 11 is 0. The van der Waals surface area contributed by atoms with Gasteiger partial charge in [-0.2, -0.15) is 0 Å². The van der Waals surface area contributed by atoms with Crippen LogP contribution in [0.25, 0.3) is 0 Å². The van der Waals surface area contributed by atoms with E-state index in [1.165, 1.54) is 18.2 Å². The fourth-order valence-electron chi connectivity index (χ4n) is 2.88. The number of benzene rings is 2. The van der Waals surface area contributed by atoms with Crippen LogP contribution >= 0.6 is 0 Å². The summed E-state index contributed by atoms with van der Waals surface area (Å²) in [7, 11) is 0. The van der Waals surface area contributed by atoms with Gasteiger partial charge in [-0.05, 0) is 32.0 Å². The van der Waals surface area contributed by atoms with Crippen LogP contribution in [0.5, 0.6) is 0 Å². The lowest BCUT2D eigenvalue weighted by atomic mass is 10.1. The first-order chi connectivity index (χ1) is 13.0. The zero-order valence-electron chi connectivity index (χ0n) is 15.3. The number of hydrogen-bond donors (Lipinski definition) is 0. The van der Waals surface area contributed by atoms with E-state index in [-0.39, 0.29) is 24.0 Å². The van der Waals surface area contributed by atoms with Gasteiger partial charge in [-0.3, -0.25) is 4.79 Å². The molecular formula is C21H21F2N3O. The monoisotopic (exact) mass is 369 g/mol. The molecule has 3 aromatic rings. The molecule has 0 unspecified atom stereocenters. The molecule has 140 valence electrons. The number of hydrogen-bond acceptors (Lipinski definition) is 2. The fraction of sp³-hybridized carbons (Fsp3) is 0.238. The Kier molecular flexibility index (Phi) is 5.64. The Morgan fingerprint density at radius 1 is 1.07 bits per heavy atom. The zero-order chi connectivity index (χ0) is 19.4. The number of imidazole rings is 1. The number of amides is 1. The van der Waals surface area contributed by atoms with Gasteiger partial charge in [-0.1, -0.05) is 30.3 Å². The van der Waals surface area contributed by atoms with Gasteiger partial charge in [0.15, 0.2) is 0 Å². The van der Waals surface area contributed by atoms with Crippen LogP contribution in [-0.2, 0) is 13.1 Å². The Labute approximate surface area is 157 Å². The van der Waals surface area contributed by atoms with Crippen LogP contribution in [0.15, 0.2) is 60.9 Å². The standard InChI is InChI=1S/C21H21F2N3O/c1-15(2)26(21(27)17-8-4-6-10-19(17)23)14-20-24-11-12-25(20)13-16-7-3-5-9-18(16)22/h3-12,15H,13-14H2,1-2H3. The van der Waals surface area contributed by atoms with E-state index in [1.54, 1.807) is 52.2 Å². The molecule has 0 saturated carbocycles. The molecule has 1 aromatic heterocycles. The van der Waals surface area contributed by atoms with E-state index in [1.807, 2.05) is 13.8 Å². The van der Waals surface area contributed by atoms with Gasteiger partial charge in [-0.15, -0.1) is 0 Å². The molecule has 0 saturated heterocycles. The summed E-state index contributed by atoms with van der Waals surface area (Å²) in [5.41, 5.74) is 0.562. The van der Waals surface area contributed by atoms with Gasteiger partial charge in [0.05, 0.1) is 18.7 Å². The predicted octanol–water partition coefficient (Wildman–Crippen LogP) is 4.26. The molecule has 2 aromatic carbocycles. The van der Waals surface area contributed by atoms with E-state index in [2.05, 4.69) is 4.98 Å². The Bertz CT molecular complexity index is 936.